The number of rotatable bonds is 4. The maximum Gasteiger partial charge on any atom is 0.227 e. The van der Waals surface area contributed by atoms with Gasteiger partial charge in [-0.25, -0.2) is 14.6 Å². The second-order valence-electron chi connectivity index (χ2n) is 6.98. The molecule has 4 rings (SSSR count). The van der Waals surface area contributed by atoms with E-state index < -0.39 is 0 Å². The van der Waals surface area contributed by atoms with Gasteiger partial charge in [-0.1, -0.05) is 5.16 Å². The topological polar surface area (TPSA) is 93.2 Å². The molecule has 3 aromatic rings. The maximum absolute atomic E-state index is 12.7. The highest BCUT2D eigenvalue weighted by atomic mass is 16.5. The van der Waals surface area contributed by atoms with Crippen LogP contribution in [-0.2, 0) is 11.2 Å². The highest BCUT2D eigenvalue weighted by Crippen LogP contribution is 2.18. The van der Waals surface area contributed by atoms with Crippen LogP contribution in [0, 0.1) is 20.8 Å². The number of aryl methyl sites for hydroxylation is 3. The summed E-state index contributed by atoms with van der Waals surface area (Å²) < 4.78 is 6.90. The molecule has 1 aliphatic rings. The van der Waals surface area contributed by atoms with Gasteiger partial charge in [0.2, 0.25) is 5.91 Å². The molecule has 9 nitrogen and oxygen atoms in total. The first kappa shape index (κ1) is 18.1. The smallest absolute Gasteiger partial charge is 0.227 e. The first-order chi connectivity index (χ1) is 13.5. The lowest BCUT2D eigenvalue weighted by Crippen LogP contribution is -2.49. The number of carbonyl (C=O) groups is 1. The van der Waals surface area contributed by atoms with E-state index in [4.69, 9.17) is 4.52 Å². The average molecular weight is 381 g/mol. The van der Waals surface area contributed by atoms with Crippen molar-refractivity contribution in [2.24, 2.45) is 0 Å². The molecule has 1 aliphatic heterocycles. The molecule has 9 heteroatoms. The number of carbonyl (C=O) groups excluding carboxylic acids is 1. The first-order valence-corrected chi connectivity index (χ1v) is 9.30. The van der Waals surface area contributed by atoms with Crippen molar-refractivity contribution in [2.75, 3.05) is 31.1 Å². The second-order valence-corrected chi connectivity index (χ2v) is 6.98. The Labute approximate surface area is 163 Å². The fourth-order valence-electron chi connectivity index (χ4n) is 3.38. The van der Waals surface area contributed by atoms with E-state index in [2.05, 4.69) is 25.1 Å². The van der Waals surface area contributed by atoms with Gasteiger partial charge in [0.1, 0.15) is 17.9 Å². The van der Waals surface area contributed by atoms with Crippen molar-refractivity contribution in [3.63, 3.8) is 0 Å². The highest BCUT2D eigenvalue weighted by Gasteiger charge is 2.24. The summed E-state index contributed by atoms with van der Waals surface area (Å²) in [7, 11) is 0. The Morgan fingerprint density at radius 3 is 2.50 bits per heavy atom. The van der Waals surface area contributed by atoms with Crippen LogP contribution in [0.4, 0.5) is 5.82 Å². The molecule has 0 aliphatic carbocycles. The van der Waals surface area contributed by atoms with E-state index in [0.717, 1.165) is 41.7 Å². The van der Waals surface area contributed by atoms with Gasteiger partial charge in [0, 0.05) is 44.0 Å². The molecule has 3 aromatic heterocycles. The highest BCUT2D eigenvalue weighted by molar-refractivity contribution is 5.79. The van der Waals surface area contributed by atoms with E-state index in [1.165, 1.54) is 0 Å². The van der Waals surface area contributed by atoms with Crippen molar-refractivity contribution in [2.45, 2.75) is 27.2 Å². The number of amides is 1. The molecular formula is C19H23N7O2. The summed E-state index contributed by atoms with van der Waals surface area (Å²) in [6.45, 7) is 8.41. The van der Waals surface area contributed by atoms with Crippen LogP contribution in [0.5, 0.6) is 0 Å². The Morgan fingerprint density at radius 2 is 1.86 bits per heavy atom. The maximum atomic E-state index is 12.7. The molecule has 1 saturated heterocycles. The quantitative estimate of drug-likeness (QED) is 0.675. The van der Waals surface area contributed by atoms with Crippen LogP contribution in [0.15, 0.2) is 29.2 Å². The fourth-order valence-corrected chi connectivity index (χ4v) is 3.38. The van der Waals surface area contributed by atoms with E-state index in [1.54, 1.807) is 11.0 Å². The number of nitrogens with zero attached hydrogens (tertiary/aromatic N) is 7. The summed E-state index contributed by atoms with van der Waals surface area (Å²) in [5.41, 5.74) is 2.61. The lowest BCUT2D eigenvalue weighted by Gasteiger charge is -2.35. The lowest BCUT2D eigenvalue weighted by atomic mass is 10.1. The third-order valence-electron chi connectivity index (χ3n) is 5.06. The molecule has 0 radical (unpaired) electrons. The molecule has 0 unspecified atom stereocenters. The minimum atomic E-state index is 0.101. The Bertz CT molecular complexity index is 966. The zero-order chi connectivity index (χ0) is 19.7. The van der Waals surface area contributed by atoms with Crippen molar-refractivity contribution < 1.29 is 9.32 Å². The molecule has 0 saturated carbocycles. The average Bonchev–Trinajstić information content (AvgIpc) is 3.29. The monoisotopic (exact) mass is 381 g/mol. The fraction of sp³-hybridized carbons (Fsp3) is 0.421. The predicted molar refractivity (Wildman–Crippen MR) is 102 cm³/mol. The summed E-state index contributed by atoms with van der Waals surface area (Å²) >= 11 is 0. The van der Waals surface area contributed by atoms with Gasteiger partial charge in [-0.05, 0) is 26.8 Å². The normalized spacial score (nSPS) is 14.5. The molecule has 28 heavy (non-hydrogen) atoms. The van der Waals surface area contributed by atoms with Crippen LogP contribution >= 0.6 is 0 Å². The molecule has 146 valence electrons. The van der Waals surface area contributed by atoms with Gasteiger partial charge in [-0.15, -0.1) is 0 Å². The predicted octanol–water partition coefficient (Wildman–Crippen LogP) is 1.47. The largest absolute Gasteiger partial charge is 0.361 e. The van der Waals surface area contributed by atoms with Crippen molar-refractivity contribution >= 4 is 11.7 Å². The molecule has 4 heterocycles. The standard InChI is InChI=1S/C19H23N7O2/c1-13-4-5-26(22-13)18-11-17(20-12-21-18)24-6-8-25(9-7-24)19(27)10-16-14(2)23-28-15(16)3/h4-5,11-12H,6-10H2,1-3H3. The molecule has 1 fully saturated rings. The van der Waals surface area contributed by atoms with E-state index in [0.29, 0.717) is 25.3 Å². The number of piperazine rings is 1. The Kier molecular flexibility index (Phi) is 4.81. The van der Waals surface area contributed by atoms with Crippen molar-refractivity contribution in [3.05, 3.63) is 47.4 Å². The van der Waals surface area contributed by atoms with E-state index in [9.17, 15) is 4.79 Å². The summed E-state index contributed by atoms with van der Waals surface area (Å²) in [5.74, 6) is 2.39. The summed E-state index contributed by atoms with van der Waals surface area (Å²) in [4.78, 5) is 25.4. The van der Waals surface area contributed by atoms with Crippen molar-refractivity contribution in [1.82, 2.24) is 29.8 Å². The van der Waals surface area contributed by atoms with Gasteiger partial charge in [0.15, 0.2) is 5.82 Å². The van der Waals surface area contributed by atoms with Gasteiger partial charge in [0.05, 0.1) is 17.8 Å². The molecule has 0 bridgehead atoms. The summed E-state index contributed by atoms with van der Waals surface area (Å²) in [6, 6.07) is 3.86. The van der Waals surface area contributed by atoms with E-state index in [1.807, 2.05) is 44.0 Å². The number of anilines is 1. The first-order valence-electron chi connectivity index (χ1n) is 9.30. The zero-order valence-corrected chi connectivity index (χ0v) is 16.3. The molecule has 0 aromatic carbocycles. The van der Waals surface area contributed by atoms with Gasteiger partial charge in [-0.3, -0.25) is 4.79 Å². The molecule has 0 atom stereocenters. The number of hydrogen-bond donors (Lipinski definition) is 0. The van der Waals surface area contributed by atoms with Crippen LogP contribution in [0.3, 0.4) is 0 Å². The van der Waals surface area contributed by atoms with E-state index in [-0.39, 0.29) is 5.91 Å². The van der Waals surface area contributed by atoms with Crippen molar-refractivity contribution in [1.29, 1.82) is 0 Å². The van der Waals surface area contributed by atoms with Crippen LogP contribution < -0.4 is 4.90 Å². The molecule has 0 spiro atoms. The van der Waals surface area contributed by atoms with Gasteiger partial charge >= 0.3 is 0 Å². The third kappa shape index (κ3) is 3.60. The lowest BCUT2D eigenvalue weighted by molar-refractivity contribution is -0.130. The summed E-state index contributed by atoms with van der Waals surface area (Å²) in [5, 5.41) is 8.32. The van der Waals surface area contributed by atoms with Gasteiger partial charge < -0.3 is 14.3 Å². The van der Waals surface area contributed by atoms with Crippen LogP contribution in [0.2, 0.25) is 0 Å². The summed E-state index contributed by atoms with van der Waals surface area (Å²) in [6.07, 6.45) is 3.76. The van der Waals surface area contributed by atoms with Crippen LogP contribution in [-0.4, -0.2) is 61.9 Å². The second kappa shape index (κ2) is 7.41. The molecule has 0 N–H and O–H groups in total. The van der Waals surface area contributed by atoms with Crippen LogP contribution in [0.1, 0.15) is 22.7 Å². The molecule has 1 amide bonds. The van der Waals surface area contributed by atoms with Gasteiger partial charge in [0.25, 0.3) is 0 Å². The Balaban J connectivity index is 1.40. The van der Waals surface area contributed by atoms with Crippen molar-refractivity contribution in [3.8, 4) is 5.82 Å². The SMILES string of the molecule is Cc1ccn(-c2cc(N3CCN(C(=O)Cc4c(C)noc4C)CC3)ncn2)n1. The van der Waals surface area contributed by atoms with E-state index >= 15 is 0 Å². The Hall–Kier alpha value is -3.23. The number of aromatic nitrogens is 5. The number of hydrogen-bond acceptors (Lipinski definition) is 7. The Morgan fingerprint density at radius 1 is 1.11 bits per heavy atom. The minimum absolute atomic E-state index is 0.101. The minimum Gasteiger partial charge on any atom is -0.361 e. The molecular weight excluding hydrogens is 358 g/mol. The van der Waals surface area contributed by atoms with Crippen LogP contribution in [0.25, 0.3) is 5.82 Å². The third-order valence-corrected chi connectivity index (χ3v) is 5.06. The zero-order valence-electron chi connectivity index (χ0n) is 16.3. The van der Waals surface area contributed by atoms with Gasteiger partial charge in [-0.2, -0.15) is 5.10 Å².